The molecule has 9 heteroatoms. The first kappa shape index (κ1) is 22.4. The van der Waals surface area contributed by atoms with Gasteiger partial charge in [-0.05, 0) is 35.9 Å². The number of nitrogens with zero attached hydrogens (tertiary/aromatic N) is 5. The van der Waals surface area contributed by atoms with Crippen LogP contribution in [-0.2, 0) is 18.4 Å². The molecule has 0 saturated carbocycles. The van der Waals surface area contributed by atoms with Crippen molar-refractivity contribution in [1.82, 2.24) is 19.7 Å². The first-order valence-electron chi connectivity index (χ1n) is 9.72. The van der Waals surface area contributed by atoms with Crippen molar-refractivity contribution >= 4 is 35.0 Å². The number of hydrogen-bond donors (Lipinski definition) is 1. The molecule has 0 aliphatic carbocycles. The fourth-order valence-corrected chi connectivity index (χ4v) is 3.61. The van der Waals surface area contributed by atoms with Crippen molar-refractivity contribution in [2.75, 3.05) is 37.1 Å². The lowest BCUT2D eigenvalue weighted by Gasteiger charge is -2.19. The highest BCUT2D eigenvalue weighted by atomic mass is 32.2. The van der Waals surface area contributed by atoms with Crippen LogP contribution in [0.1, 0.15) is 15.9 Å². The van der Waals surface area contributed by atoms with Crippen molar-refractivity contribution < 1.29 is 9.59 Å². The summed E-state index contributed by atoms with van der Waals surface area (Å²) in [5.41, 5.74) is 3.26. The van der Waals surface area contributed by atoms with E-state index >= 15 is 0 Å². The molecule has 162 valence electrons. The molecule has 1 N–H and O–H groups in total. The Morgan fingerprint density at radius 2 is 1.84 bits per heavy atom. The molecule has 1 heterocycles. The summed E-state index contributed by atoms with van der Waals surface area (Å²) in [5.74, 6) is -0.0822. The number of carbonyl (C=O) groups is 2. The maximum Gasteiger partial charge on any atom is 0.253 e. The van der Waals surface area contributed by atoms with Gasteiger partial charge in [-0.25, -0.2) is 0 Å². The van der Waals surface area contributed by atoms with Gasteiger partial charge in [-0.2, -0.15) is 0 Å². The van der Waals surface area contributed by atoms with E-state index in [-0.39, 0.29) is 17.6 Å². The number of thioether (sulfide) groups is 1. The number of carbonyl (C=O) groups excluding carboxylic acids is 2. The fourth-order valence-electron chi connectivity index (χ4n) is 2.93. The first-order chi connectivity index (χ1) is 14.8. The topological polar surface area (TPSA) is 83.4 Å². The summed E-state index contributed by atoms with van der Waals surface area (Å²) in [6.07, 6.45) is 1.59. The number of rotatable bonds is 8. The summed E-state index contributed by atoms with van der Waals surface area (Å²) in [6.45, 7) is 0.497. The lowest BCUT2D eigenvalue weighted by atomic mass is 10.1. The standard InChI is InChI=1S/C22H26N6O2S/c1-26(2)19-10-8-16(9-11-19)13-27(3)21(30)17-6-5-7-18(12-17)24-20(29)14-31-22-25-23-15-28(22)4/h5-12,15H,13-14H2,1-4H3,(H,24,29). The second-order valence-corrected chi connectivity index (χ2v) is 8.31. The molecule has 0 saturated heterocycles. The normalized spacial score (nSPS) is 10.6. The van der Waals surface area contributed by atoms with Crippen LogP contribution in [0.25, 0.3) is 0 Å². The lowest BCUT2D eigenvalue weighted by molar-refractivity contribution is -0.113. The highest BCUT2D eigenvalue weighted by molar-refractivity contribution is 7.99. The Hall–Kier alpha value is -3.33. The highest BCUT2D eigenvalue weighted by Gasteiger charge is 2.14. The largest absolute Gasteiger partial charge is 0.378 e. The van der Waals surface area contributed by atoms with E-state index < -0.39 is 0 Å². The average Bonchev–Trinajstić information content (AvgIpc) is 3.17. The van der Waals surface area contributed by atoms with E-state index in [1.165, 1.54) is 11.8 Å². The molecule has 8 nitrogen and oxygen atoms in total. The van der Waals surface area contributed by atoms with Crippen molar-refractivity contribution in [2.24, 2.45) is 7.05 Å². The highest BCUT2D eigenvalue weighted by Crippen LogP contribution is 2.18. The van der Waals surface area contributed by atoms with Crippen molar-refractivity contribution in [1.29, 1.82) is 0 Å². The molecule has 0 aliphatic heterocycles. The average molecular weight is 439 g/mol. The van der Waals surface area contributed by atoms with Crippen molar-refractivity contribution in [3.05, 3.63) is 66.0 Å². The zero-order chi connectivity index (χ0) is 22.4. The van der Waals surface area contributed by atoms with Gasteiger partial charge < -0.3 is 19.7 Å². The van der Waals surface area contributed by atoms with Crippen LogP contribution in [0.15, 0.2) is 60.0 Å². The van der Waals surface area contributed by atoms with E-state index in [0.717, 1.165) is 11.3 Å². The quantitative estimate of drug-likeness (QED) is 0.545. The lowest BCUT2D eigenvalue weighted by Crippen LogP contribution is -2.26. The molecule has 0 radical (unpaired) electrons. The van der Waals surface area contributed by atoms with E-state index in [1.807, 2.05) is 50.3 Å². The molecule has 3 rings (SSSR count). The molecule has 2 amide bonds. The molecule has 1 aromatic heterocycles. The third kappa shape index (κ3) is 6.08. The van der Waals surface area contributed by atoms with Crippen LogP contribution in [-0.4, -0.2) is 58.4 Å². The van der Waals surface area contributed by atoms with Crippen LogP contribution in [0, 0.1) is 0 Å². The van der Waals surface area contributed by atoms with Crippen LogP contribution in [0.2, 0.25) is 0 Å². The molecule has 0 aliphatic rings. The number of aryl methyl sites for hydroxylation is 1. The fraction of sp³-hybridized carbons (Fsp3) is 0.273. The molecule has 3 aromatic rings. The summed E-state index contributed by atoms with van der Waals surface area (Å²) < 4.78 is 1.75. The third-order valence-corrected chi connectivity index (χ3v) is 5.65. The minimum Gasteiger partial charge on any atom is -0.378 e. The minimum absolute atomic E-state index is 0.110. The van der Waals surface area contributed by atoms with Gasteiger partial charge in [0.15, 0.2) is 5.16 Å². The van der Waals surface area contributed by atoms with Gasteiger partial charge >= 0.3 is 0 Å². The second-order valence-electron chi connectivity index (χ2n) is 7.36. The van der Waals surface area contributed by atoms with Gasteiger partial charge in [0.05, 0.1) is 5.75 Å². The summed E-state index contributed by atoms with van der Waals surface area (Å²) in [5, 5.41) is 11.2. The van der Waals surface area contributed by atoms with Crippen LogP contribution in [0.5, 0.6) is 0 Å². The van der Waals surface area contributed by atoms with Gasteiger partial charge in [-0.15, -0.1) is 10.2 Å². The summed E-state index contributed by atoms with van der Waals surface area (Å²) in [4.78, 5) is 28.8. The van der Waals surface area contributed by atoms with E-state index in [2.05, 4.69) is 15.5 Å². The van der Waals surface area contributed by atoms with Crippen LogP contribution >= 0.6 is 11.8 Å². The van der Waals surface area contributed by atoms with Crippen molar-refractivity contribution in [2.45, 2.75) is 11.7 Å². The molecular formula is C22H26N6O2S. The SMILES string of the molecule is CN(Cc1ccc(N(C)C)cc1)C(=O)c1cccc(NC(=O)CSc2nncn2C)c1. The van der Waals surface area contributed by atoms with Crippen LogP contribution in [0.3, 0.4) is 0 Å². The van der Waals surface area contributed by atoms with Gasteiger partial charge in [-0.1, -0.05) is 30.0 Å². The molecule has 0 fully saturated rings. The Balaban J connectivity index is 1.58. The Labute approximate surface area is 186 Å². The van der Waals surface area contributed by atoms with E-state index in [1.54, 1.807) is 47.1 Å². The Bertz CT molecular complexity index is 1050. The molecule has 0 bridgehead atoms. The molecule has 2 aromatic carbocycles. The van der Waals surface area contributed by atoms with Gasteiger partial charge in [-0.3, -0.25) is 9.59 Å². The molecular weight excluding hydrogens is 412 g/mol. The van der Waals surface area contributed by atoms with Gasteiger partial charge in [0.2, 0.25) is 5.91 Å². The predicted octanol–water partition coefficient (Wildman–Crippen LogP) is 2.88. The maximum atomic E-state index is 12.9. The first-order valence-corrected chi connectivity index (χ1v) is 10.7. The number of amides is 2. The molecule has 31 heavy (non-hydrogen) atoms. The van der Waals surface area contributed by atoms with Gasteiger partial charge in [0.1, 0.15) is 6.33 Å². The number of hydrogen-bond acceptors (Lipinski definition) is 6. The van der Waals surface area contributed by atoms with Crippen molar-refractivity contribution in [3.8, 4) is 0 Å². The Morgan fingerprint density at radius 3 is 2.48 bits per heavy atom. The van der Waals surface area contributed by atoms with Crippen LogP contribution in [0.4, 0.5) is 11.4 Å². The number of aromatic nitrogens is 3. The predicted molar refractivity (Wildman–Crippen MR) is 123 cm³/mol. The monoisotopic (exact) mass is 438 g/mol. The Kier molecular flexibility index (Phi) is 7.30. The van der Waals surface area contributed by atoms with Crippen LogP contribution < -0.4 is 10.2 Å². The maximum absolute atomic E-state index is 12.9. The zero-order valence-electron chi connectivity index (χ0n) is 18.1. The van der Waals surface area contributed by atoms with Crippen molar-refractivity contribution in [3.63, 3.8) is 0 Å². The van der Waals surface area contributed by atoms with E-state index in [0.29, 0.717) is 23.0 Å². The Morgan fingerprint density at radius 1 is 1.10 bits per heavy atom. The number of nitrogens with one attached hydrogen (secondary N) is 1. The smallest absolute Gasteiger partial charge is 0.253 e. The summed E-state index contributed by atoms with van der Waals surface area (Å²) >= 11 is 1.30. The zero-order valence-corrected chi connectivity index (χ0v) is 18.9. The number of anilines is 2. The van der Waals surface area contributed by atoms with E-state index in [9.17, 15) is 9.59 Å². The molecule has 0 atom stereocenters. The molecule has 0 spiro atoms. The van der Waals surface area contributed by atoms with Gasteiger partial charge in [0.25, 0.3) is 5.91 Å². The molecule has 0 unspecified atom stereocenters. The summed E-state index contributed by atoms with van der Waals surface area (Å²) in [7, 11) is 7.57. The second kappa shape index (κ2) is 10.1. The van der Waals surface area contributed by atoms with Gasteiger partial charge in [0, 0.05) is 51.7 Å². The summed E-state index contributed by atoms with van der Waals surface area (Å²) in [6, 6.07) is 15.1. The third-order valence-electron chi connectivity index (χ3n) is 4.61. The minimum atomic E-state index is -0.174. The number of benzene rings is 2. The van der Waals surface area contributed by atoms with E-state index in [4.69, 9.17) is 0 Å².